The fourth-order valence-corrected chi connectivity index (χ4v) is 4.17. The second kappa shape index (κ2) is 5.96. The molecule has 5 nitrogen and oxygen atoms in total. The van der Waals surface area contributed by atoms with Crippen LogP contribution in [0.2, 0.25) is 0 Å². The second-order valence-corrected chi connectivity index (χ2v) is 7.15. The molecule has 2 saturated carbocycles. The molecule has 3 rings (SSSR count). The van der Waals surface area contributed by atoms with Crippen molar-refractivity contribution < 1.29 is 9.59 Å². The molecule has 1 aromatic rings. The average molecular weight is 315 g/mol. The Morgan fingerprint density at radius 1 is 1.22 bits per heavy atom. The van der Waals surface area contributed by atoms with Crippen molar-refractivity contribution in [2.45, 2.75) is 32.2 Å². The van der Waals surface area contributed by atoms with E-state index in [1.807, 2.05) is 13.0 Å². The van der Waals surface area contributed by atoms with Crippen LogP contribution in [-0.4, -0.2) is 36.9 Å². The van der Waals surface area contributed by atoms with Gasteiger partial charge in [0.1, 0.15) is 0 Å². The zero-order chi connectivity index (χ0) is 16.7. The number of nitrogens with two attached hydrogens (primary N) is 1. The van der Waals surface area contributed by atoms with E-state index in [9.17, 15) is 9.59 Å². The maximum absolute atomic E-state index is 12.6. The molecule has 23 heavy (non-hydrogen) atoms. The summed E-state index contributed by atoms with van der Waals surface area (Å²) in [5, 5.41) is 2.99. The number of nitrogens with zero attached hydrogens (tertiary/aromatic N) is 1. The standard InChI is InChI=1S/C18H25N3O2/c1-10-8-13(6-7-14(10)18(23)21(2)3)20-17(22)15-11-4-5-12(9-11)16(15)19/h6-8,11-12,15-16H,4-5,9,19H2,1-3H3,(H,20,22). The predicted octanol–water partition coefficient (Wildman–Crippen LogP) is 2.01. The van der Waals surface area contributed by atoms with E-state index < -0.39 is 0 Å². The molecule has 0 aliphatic heterocycles. The quantitative estimate of drug-likeness (QED) is 0.896. The van der Waals surface area contributed by atoms with Gasteiger partial charge in [0.2, 0.25) is 5.91 Å². The molecule has 2 amide bonds. The van der Waals surface area contributed by atoms with Crippen LogP contribution in [0.25, 0.3) is 0 Å². The van der Waals surface area contributed by atoms with E-state index in [-0.39, 0.29) is 23.8 Å². The third-order valence-corrected chi connectivity index (χ3v) is 5.41. The Balaban J connectivity index is 1.72. The van der Waals surface area contributed by atoms with Crippen molar-refractivity contribution in [3.05, 3.63) is 29.3 Å². The number of rotatable bonds is 3. The first-order valence-corrected chi connectivity index (χ1v) is 8.27. The first kappa shape index (κ1) is 16.0. The van der Waals surface area contributed by atoms with Gasteiger partial charge in [-0.05, 0) is 61.8 Å². The smallest absolute Gasteiger partial charge is 0.253 e. The van der Waals surface area contributed by atoms with Gasteiger partial charge in [-0.3, -0.25) is 9.59 Å². The van der Waals surface area contributed by atoms with Crippen molar-refractivity contribution in [3.8, 4) is 0 Å². The van der Waals surface area contributed by atoms with Crippen LogP contribution in [0.5, 0.6) is 0 Å². The first-order valence-electron chi connectivity index (χ1n) is 8.27. The summed E-state index contributed by atoms with van der Waals surface area (Å²) in [5.74, 6) is 0.867. The van der Waals surface area contributed by atoms with Crippen LogP contribution in [-0.2, 0) is 4.79 Å². The highest BCUT2D eigenvalue weighted by Crippen LogP contribution is 2.47. The highest BCUT2D eigenvalue weighted by Gasteiger charge is 2.49. The minimum absolute atomic E-state index is 0.00978. The number of amides is 2. The van der Waals surface area contributed by atoms with E-state index in [1.54, 1.807) is 31.1 Å². The molecule has 3 N–H and O–H groups in total. The number of hydrogen-bond donors (Lipinski definition) is 2. The number of aryl methyl sites for hydroxylation is 1. The Morgan fingerprint density at radius 2 is 1.91 bits per heavy atom. The zero-order valence-corrected chi connectivity index (χ0v) is 14.0. The van der Waals surface area contributed by atoms with Crippen LogP contribution < -0.4 is 11.1 Å². The maximum Gasteiger partial charge on any atom is 0.253 e. The Morgan fingerprint density at radius 3 is 2.48 bits per heavy atom. The van der Waals surface area contributed by atoms with Gasteiger partial charge in [0.05, 0.1) is 5.92 Å². The molecule has 5 heteroatoms. The van der Waals surface area contributed by atoms with Gasteiger partial charge in [0.25, 0.3) is 5.91 Å². The van der Waals surface area contributed by atoms with Gasteiger partial charge < -0.3 is 16.0 Å². The highest BCUT2D eigenvalue weighted by atomic mass is 16.2. The number of nitrogens with one attached hydrogen (secondary N) is 1. The van der Waals surface area contributed by atoms with Crippen LogP contribution in [0.15, 0.2) is 18.2 Å². The first-order chi connectivity index (χ1) is 10.9. The Hall–Kier alpha value is -1.88. The largest absolute Gasteiger partial charge is 0.345 e. The summed E-state index contributed by atoms with van der Waals surface area (Å²) >= 11 is 0. The zero-order valence-electron chi connectivity index (χ0n) is 14.0. The molecule has 124 valence electrons. The van der Waals surface area contributed by atoms with E-state index in [2.05, 4.69) is 5.32 Å². The topological polar surface area (TPSA) is 75.4 Å². The third-order valence-electron chi connectivity index (χ3n) is 5.41. The van der Waals surface area contributed by atoms with Gasteiger partial charge in [-0.15, -0.1) is 0 Å². The van der Waals surface area contributed by atoms with Gasteiger partial charge in [-0.25, -0.2) is 0 Å². The highest BCUT2D eigenvalue weighted by molar-refractivity contribution is 5.97. The molecule has 2 bridgehead atoms. The van der Waals surface area contributed by atoms with Crippen molar-refractivity contribution >= 4 is 17.5 Å². The number of fused-ring (bicyclic) bond motifs is 2. The minimum atomic E-state index is -0.0721. The fraction of sp³-hybridized carbons (Fsp3) is 0.556. The summed E-state index contributed by atoms with van der Waals surface area (Å²) in [6.45, 7) is 1.88. The van der Waals surface area contributed by atoms with E-state index in [0.717, 1.165) is 30.5 Å². The predicted molar refractivity (Wildman–Crippen MR) is 90.1 cm³/mol. The van der Waals surface area contributed by atoms with E-state index in [1.165, 1.54) is 0 Å². The summed E-state index contributed by atoms with van der Waals surface area (Å²) < 4.78 is 0. The fourth-order valence-electron chi connectivity index (χ4n) is 4.17. The minimum Gasteiger partial charge on any atom is -0.345 e. The lowest BCUT2D eigenvalue weighted by molar-refractivity contribution is -0.121. The monoisotopic (exact) mass is 315 g/mol. The van der Waals surface area contributed by atoms with Gasteiger partial charge in [-0.1, -0.05) is 0 Å². The molecule has 0 spiro atoms. The number of carbonyl (C=O) groups excluding carboxylic acids is 2. The summed E-state index contributed by atoms with van der Waals surface area (Å²) in [6.07, 6.45) is 3.37. The lowest BCUT2D eigenvalue weighted by atomic mass is 9.84. The Labute approximate surface area is 137 Å². The van der Waals surface area contributed by atoms with Crippen LogP contribution in [0.1, 0.15) is 35.2 Å². The van der Waals surface area contributed by atoms with Crippen LogP contribution in [0.4, 0.5) is 5.69 Å². The molecule has 0 heterocycles. The average Bonchev–Trinajstić information content (AvgIpc) is 3.07. The number of anilines is 1. The lowest BCUT2D eigenvalue weighted by Crippen LogP contribution is -2.42. The summed E-state index contributed by atoms with van der Waals surface area (Å²) in [7, 11) is 3.46. The van der Waals surface area contributed by atoms with Crippen LogP contribution in [0, 0.1) is 24.7 Å². The van der Waals surface area contributed by atoms with Crippen LogP contribution in [0.3, 0.4) is 0 Å². The molecule has 4 unspecified atom stereocenters. The Bertz CT molecular complexity index is 639. The summed E-state index contributed by atoms with van der Waals surface area (Å²) in [4.78, 5) is 26.2. The number of carbonyl (C=O) groups is 2. The normalized spacial score (nSPS) is 28.7. The van der Waals surface area contributed by atoms with E-state index >= 15 is 0 Å². The van der Waals surface area contributed by atoms with Crippen molar-refractivity contribution in [1.82, 2.24) is 4.90 Å². The molecule has 0 radical (unpaired) electrons. The van der Waals surface area contributed by atoms with Crippen molar-refractivity contribution in [3.63, 3.8) is 0 Å². The van der Waals surface area contributed by atoms with Gasteiger partial charge in [-0.2, -0.15) is 0 Å². The van der Waals surface area contributed by atoms with E-state index in [0.29, 0.717) is 17.4 Å². The second-order valence-electron chi connectivity index (χ2n) is 7.15. The lowest BCUT2D eigenvalue weighted by Gasteiger charge is -2.27. The number of hydrogen-bond acceptors (Lipinski definition) is 3. The maximum atomic E-state index is 12.6. The van der Waals surface area contributed by atoms with Crippen molar-refractivity contribution in [1.29, 1.82) is 0 Å². The molecule has 1 aromatic carbocycles. The van der Waals surface area contributed by atoms with Crippen molar-refractivity contribution in [2.75, 3.05) is 19.4 Å². The van der Waals surface area contributed by atoms with E-state index in [4.69, 9.17) is 5.73 Å². The van der Waals surface area contributed by atoms with Gasteiger partial charge in [0.15, 0.2) is 0 Å². The third kappa shape index (κ3) is 2.85. The SMILES string of the molecule is Cc1cc(NC(=O)C2C3CCC(C3)C2N)ccc1C(=O)N(C)C. The molecule has 2 aliphatic rings. The molecule has 2 fully saturated rings. The van der Waals surface area contributed by atoms with Gasteiger partial charge >= 0.3 is 0 Å². The molecular weight excluding hydrogens is 290 g/mol. The van der Waals surface area contributed by atoms with Crippen molar-refractivity contribution in [2.24, 2.45) is 23.5 Å². The molecule has 0 aromatic heterocycles. The Kier molecular flexibility index (Phi) is 4.15. The molecule has 0 saturated heterocycles. The number of benzene rings is 1. The summed E-state index contributed by atoms with van der Waals surface area (Å²) in [5.41, 5.74) is 8.49. The molecular formula is C18H25N3O2. The molecule has 2 aliphatic carbocycles. The molecule has 4 atom stereocenters. The van der Waals surface area contributed by atoms with Crippen LogP contribution >= 0.6 is 0 Å². The summed E-state index contributed by atoms with van der Waals surface area (Å²) in [6, 6.07) is 5.41. The van der Waals surface area contributed by atoms with Gasteiger partial charge in [0, 0.05) is 31.4 Å².